The van der Waals surface area contributed by atoms with Crippen LogP contribution in [0.1, 0.15) is 16.7 Å². The molecule has 1 amide bonds. The molecule has 0 fully saturated rings. The molecular formula is C29H23N3O5. The van der Waals surface area contributed by atoms with Crippen molar-refractivity contribution in [1.29, 1.82) is 5.26 Å². The molecule has 0 saturated carbocycles. The maximum Gasteiger partial charge on any atom is 0.271 e. The van der Waals surface area contributed by atoms with E-state index in [1.54, 1.807) is 25.1 Å². The Morgan fingerprint density at radius 3 is 2.59 bits per heavy atom. The van der Waals surface area contributed by atoms with Crippen molar-refractivity contribution in [3.8, 4) is 17.6 Å². The molecule has 8 nitrogen and oxygen atoms in total. The molecule has 4 aromatic rings. The Morgan fingerprint density at radius 2 is 1.84 bits per heavy atom. The molecule has 1 N–H and O–H groups in total. The van der Waals surface area contributed by atoms with Gasteiger partial charge >= 0.3 is 0 Å². The molecule has 184 valence electrons. The molecule has 0 aliphatic heterocycles. The van der Waals surface area contributed by atoms with Crippen molar-refractivity contribution in [2.24, 2.45) is 0 Å². The number of nitriles is 1. The lowest BCUT2D eigenvalue weighted by Crippen LogP contribution is -2.14. The highest BCUT2D eigenvalue weighted by Crippen LogP contribution is 2.31. The number of amides is 1. The van der Waals surface area contributed by atoms with E-state index in [1.165, 1.54) is 31.4 Å². The zero-order valence-corrected chi connectivity index (χ0v) is 20.2. The van der Waals surface area contributed by atoms with Gasteiger partial charge < -0.3 is 14.8 Å². The number of anilines is 1. The third-order valence-electron chi connectivity index (χ3n) is 5.81. The summed E-state index contributed by atoms with van der Waals surface area (Å²) in [5.41, 5.74) is 2.11. The van der Waals surface area contributed by atoms with Gasteiger partial charge in [0.15, 0.2) is 11.5 Å². The van der Waals surface area contributed by atoms with E-state index >= 15 is 0 Å². The highest BCUT2D eigenvalue weighted by molar-refractivity contribution is 6.10. The minimum Gasteiger partial charge on any atom is -0.493 e. The van der Waals surface area contributed by atoms with Crippen molar-refractivity contribution < 1.29 is 19.2 Å². The van der Waals surface area contributed by atoms with Crippen molar-refractivity contribution in [2.45, 2.75) is 13.5 Å². The van der Waals surface area contributed by atoms with Crippen LogP contribution in [0.25, 0.3) is 16.8 Å². The van der Waals surface area contributed by atoms with Crippen LogP contribution in [-0.2, 0) is 11.4 Å². The predicted octanol–water partition coefficient (Wildman–Crippen LogP) is 6.19. The van der Waals surface area contributed by atoms with Gasteiger partial charge in [-0.1, -0.05) is 54.6 Å². The highest BCUT2D eigenvalue weighted by atomic mass is 16.6. The van der Waals surface area contributed by atoms with Gasteiger partial charge in [0.25, 0.3) is 11.6 Å². The Bertz CT molecular complexity index is 1560. The molecule has 8 heteroatoms. The first-order chi connectivity index (χ1) is 17.9. The van der Waals surface area contributed by atoms with Gasteiger partial charge in [-0.25, -0.2) is 0 Å². The zero-order chi connectivity index (χ0) is 26.4. The van der Waals surface area contributed by atoms with Gasteiger partial charge in [-0.15, -0.1) is 0 Å². The Balaban J connectivity index is 1.57. The summed E-state index contributed by atoms with van der Waals surface area (Å²) in [6.45, 7) is 2.00. The summed E-state index contributed by atoms with van der Waals surface area (Å²) in [6, 6.07) is 25.1. The first kappa shape index (κ1) is 24.9. The average Bonchev–Trinajstić information content (AvgIpc) is 2.91. The van der Waals surface area contributed by atoms with Crippen molar-refractivity contribution in [3.05, 3.63) is 111 Å². The number of ether oxygens (including phenoxy) is 2. The van der Waals surface area contributed by atoms with Crippen LogP contribution in [0, 0.1) is 28.4 Å². The fraction of sp³-hybridized carbons (Fsp3) is 0.103. The van der Waals surface area contributed by atoms with Crippen LogP contribution in [0.3, 0.4) is 0 Å². The van der Waals surface area contributed by atoms with E-state index in [4.69, 9.17) is 9.47 Å². The standard InChI is InChI=1S/C29H23N3O5/c1-19-10-12-24(32(34)35)16-26(19)31-29(33)23(17-30)14-20-11-13-27(36-2)28(15-20)37-18-22-8-5-7-21-6-3-4-9-25(21)22/h3-16H,18H2,1-2H3,(H,31,33)/b23-14+. The molecule has 0 unspecified atom stereocenters. The monoisotopic (exact) mass is 493 g/mol. The van der Waals surface area contributed by atoms with Gasteiger partial charge in [0, 0.05) is 12.1 Å². The van der Waals surface area contributed by atoms with Gasteiger partial charge in [-0.05, 0) is 52.6 Å². The molecule has 0 atom stereocenters. The summed E-state index contributed by atoms with van der Waals surface area (Å²) >= 11 is 0. The number of non-ortho nitro benzene ring substituents is 1. The number of nitrogens with zero attached hydrogens (tertiary/aromatic N) is 2. The lowest BCUT2D eigenvalue weighted by molar-refractivity contribution is -0.384. The summed E-state index contributed by atoms with van der Waals surface area (Å²) in [7, 11) is 1.53. The fourth-order valence-electron chi connectivity index (χ4n) is 3.83. The molecule has 0 spiro atoms. The number of rotatable bonds is 8. The number of fused-ring (bicyclic) bond motifs is 1. The van der Waals surface area contributed by atoms with Gasteiger partial charge in [0.1, 0.15) is 18.2 Å². The van der Waals surface area contributed by atoms with Crippen molar-refractivity contribution in [1.82, 2.24) is 0 Å². The van der Waals surface area contributed by atoms with Gasteiger partial charge in [-0.2, -0.15) is 5.26 Å². The van der Waals surface area contributed by atoms with Gasteiger partial charge in [-0.3, -0.25) is 14.9 Å². The number of hydrogen-bond acceptors (Lipinski definition) is 6. The number of nitro groups is 1. The number of methoxy groups -OCH3 is 1. The van der Waals surface area contributed by atoms with Crippen molar-refractivity contribution in [2.75, 3.05) is 12.4 Å². The second-order valence-electron chi connectivity index (χ2n) is 8.22. The normalized spacial score (nSPS) is 11.0. The quantitative estimate of drug-likeness (QED) is 0.135. The van der Waals surface area contributed by atoms with E-state index in [2.05, 4.69) is 5.32 Å². The molecule has 0 saturated heterocycles. The van der Waals surface area contributed by atoms with Crippen LogP contribution < -0.4 is 14.8 Å². The molecular weight excluding hydrogens is 470 g/mol. The molecule has 0 aliphatic carbocycles. The minimum atomic E-state index is -0.680. The molecule has 37 heavy (non-hydrogen) atoms. The van der Waals surface area contributed by atoms with Crippen LogP contribution >= 0.6 is 0 Å². The molecule has 0 radical (unpaired) electrons. The van der Waals surface area contributed by atoms with E-state index < -0.39 is 10.8 Å². The van der Waals surface area contributed by atoms with Crippen molar-refractivity contribution in [3.63, 3.8) is 0 Å². The van der Waals surface area contributed by atoms with E-state index in [0.29, 0.717) is 29.2 Å². The summed E-state index contributed by atoms with van der Waals surface area (Å²) in [5, 5.41) is 25.5. The van der Waals surface area contributed by atoms with E-state index in [9.17, 15) is 20.2 Å². The molecule has 0 heterocycles. The minimum absolute atomic E-state index is 0.161. The largest absolute Gasteiger partial charge is 0.493 e. The molecule has 0 bridgehead atoms. The van der Waals surface area contributed by atoms with Crippen LogP contribution in [-0.4, -0.2) is 17.9 Å². The first-order valence-corrected chi connectivity index (χ1v) is 11.3. The third-order valence-corrected chi connectivity index (χ3v) is 5.81. The lowest BCUT2D eigenvalue weighted by Gasteiger charge is -2.13. The molecule has 4 rings (SSSR count). The van der Waals surface area contributed by atoms with Crippen LogP contribution in [0.15, 0.2) is 84.4 Å². The number of hydrogen-bond donors (Lipinski definition) is 1. The Morgan fingerprint density at radius 1 is 1.05 bits per heavy atom. The lowest BCUT2D eigenvalue weighted by atomic mass is 10.1. The number of carbonyl (C=O) groups is 1. The first-order valence-electron chi connectivity index (χ1n) is 11.3. The van der Waals surface area contributed by atoms with Crippen LogP contribution in [0.2, 0.25) is 0 Å². The fourth-order valence-corrected chi connectivity index (χ4v) is 3.83. The van der Waals surface area contributed by atoms with Crippen LogP contribution in [0.4, 0.5) is 11.4 Å². The Kier molecular flexibility index (Phi) is 7.45. The molecule has 0 aliphatic rings. The summed E-state index contributed by atoms with van der Waals surface area (Å²) < 4.78 is 11.5. The van der Waals surface area contributed by atoms with Gasteiger partial charge in [0.05, 0.1) is 17.7 Å². The summed E-state index contributed by atoms with van der Waals surface area (Å²) in [6.07, 6.45) is 1.42. The summed E-state index contributed by atoms with van der Waals surface area (Å²) in [5.74, 6) is 0.282. The third kappa shape index (κ3) is 5.74. The van der Waals surface area contributed by atoms with Gasteiger partial charge in [0.2, 0.25) is 0 Å². The highest BCUT2D eigenvalue weighted by Gasteiger charge is 2.15. The maximum atomic E-state index is 12.8. The second kappa shape index (κ2) is 11.1. The number of aryl methyl sites for hydroxylation is 1. The number of nitro benzene ring substituents is 1. The number of benzene rings is 4. The summed E-state index contributed by atoms with van der Waals surface area (Å²) in [4.78, 5) is 23.3. The Labute approximate surface area is 213 Å². The molecule has 0 aromatic heterocycles. The Hall–Kier alpha value is -5.16. The molecule has 4 aromatic carbocycles. The average molecular weight is 494 g/mol. The predicted molar refractivity (Wildman–Crippen MR) is 141 cm³/mol. The van der Waals surface area contributed by atoms with Crippen molar-refractivity contribution >= 4 is 34.1 Å². The van der Waals surface area contributed by atoms with E-state index in [0.717, 1.165) is 16.3 Å². The number of carbonyl (C=O) groups excluding carboxylic acids is 1. The zero-order valence-electron chi connectivity index (χ0n) is 20.2. The maximum absolute atomic E-state index is 12.8. The smallest absolute Gasteiger partial charge is 0.271 e. The van der Waals surface area contributed by atoms with E-state index in [-0.39, 0.29) is 16.9 Å². The van der Waals surface area contributed by atoms with Crippen LogP contribution in [0.5, 0.6) is 11.5 Å². The number of nitrogens with one attached hydrogen (secondary N) is 1. The second-order valence-corrected chi connectivity index (χ2v) is 8.22. The SMILES string of the molecule is COc1ccc(/C=C(\C#N)C(=O)Nc2cc([N+](=O)[O-])ccc2C)cc1OCc1cccc2ccccc12. The topological polar surface area (TPSA) is 114 Å². The van der Waals surface area contributed by atoms with E-state index in [1.807, 2.05) is 48.5 Å².